The zero-order chi connectivity index (χ0) is 21.3. The van der Waals surface area contributed by atoms with Crippen LogP contribution < -0.4 is 4.90 Å². The Hall–Kier alpha value is -3.10. The Morgan fingerprint density at radius 2 is 1.83 bits per heavy atom. The number of non-ortho nitro benzene ring substituents is 1. The van der Waals surface area contributed by atoms with Gasteiger partial charge in [0.15, 0.2) is 11.4 Å². The molecule has 4 rings (SSSR count). The number of nitro benzene ring substituents is 1. The molecule has 8 nitrogen and oxygen atoms in total. The molecule has 1 unspecified atom stereocenters. The van der Waals surface area contributed by atoms with Gasteiger partial charge in [0, 0.05) is 23.3 Å². The molecule has 0 bridgehead atoms. The van der Waals surface area contributed by atoms with Crippen molar-refractivity contribution < 1.29 is 19.6 Å². The van der Waals surface area contributed by atoms with Crippen molar-refractivity contribution in [3.05, 3.63) is 69.8 Å². The summed E-state index contributed by atoms with van der Waals surface area (Å²) in [7, 11) is 0. The van der Waals surface area contributed by atoms with Crippen LogP contribution in [0.2, 0.25) is 0 Å². The highest BCUT2D eigenvalue weighted by Gasteiger charge is 2.51. The number of carbonyl (C=O) groups is 2. The van der Waals surface area contributed by atoms with E-state index in [2.05, 4.69) is 4.90 Å². The first-order valence-electron chi connectivity index (χ1n) is 10.0. The lowest BCUT2D eigenvalue weighted by molar-refractivity contribution is -0.384. The third-order valence-corrected chi connectivity index (χ3v) is 5.82. The zero-order valence-corrected chi connectivity index (χ0v) is 16.5. The van der Waals surface area contributed by atoms with E-state index in [4.69, 9.17) is 0 Å². The van der Waals surface area contributed by atoms with E-state index in [9.17, 15) is 24.8 Å². The molecule has 2 aromatic carbocycles. The number of likely N-dealkylation sites (tertiary alicyclic amines) is 1. The molecule has 1 N–H and O–H groups in total. The lowest BCUT2D eigenvalue weighted by atomic mass is 9.88. The van der Waals surface area contributed by atoms with Crippen molar-refractivity contribution in [1.29, 1.82) is 0 Å². The molecule has 2 aliphatic rings. The molecule has 30 heavy (non-hydrogen) atoms. The minimum Gasteiger partial charge on any atom is -0.375 e. The van der Waals surface area contributed by atoms with Crippen LogP contribution in [-0.2, 0) is 10.4 Å². The molecule has 0 spiro atoms. The number of amides is 1. The number of aliphatic hydroxyl groups is 1. The van der Waals surface area contributed by atoms with Crippen molar-refractivity contribution in [2.45, 2.75) is 31.3 Å². The monoisotopic (exact) mass is 409 g/mol. The van der Waals surface area contributed by atoms with Gasteiger partial charge in [-0.05, 0) is 32.0 Å². The number of rotatable bonds is 6. The van der Waals surface area contributed by atoms with Crippen LogP contribution in [0.3, 0.4) is 0 Å². The van der Waals surface area contributed by atoms with Crippen molar-refractivity contribution in [2.75, 3.05) is 24.7 Å². The number of para-hydroxylation sites is 1. The van der Waals surface area contributed by atoms with Gasteiger partial charge in [-0.15, -0.1) is 0 Å². The predicted molar refractivity (Wildman–Crippen MR) is 110 cm³/mol. The smallest absolute Gasteiger partial charge is 0.270 e. The van der Waals surface area contributed by atoms with E-state index < -0.39 is 28.6 Å². The molecule has 2 aliphatic heterocycles. The van der Waals surface area contributed by atoms with Crippen LogP contribution in [0.4, 0.5) is 11.4 Å². The molecule has 2 heterocycles. The number of carbonyl (C=O) groups excluding carboxylic acids is 2. The largest absolute Gasteiger partial charge is 0.375 e. The van der Waals surface area contributed by atoms with Gasteiger partial charge in [-0.3, -0.25) is 29.5 Å². The first kappa shape index (κ1) is 20.2. The zero-order valence-electron chi connectivity index (χ0n) is 16.5. The average Bonchev–Trinajstić information content (AvgIpc) is 2.96. The minimum absolute atomic E-state index is 0.0948. The highest BCUT2D eigenvalue weighted by Crippen LogP contribution is 2.43. The number of piperidine rings is 1. The second-order valence-corrected chi connectivity index (χ2v) is 7.84. The van der Waals surface area contributed by atoms with Crippen molar-refractivity contribution in [1.82, 2.24) is 4.90 Å². The van der Waals surface area contributed by atoms with Gasteiger partial charge in [0.1, 0.15) is 0 Å². The van der Waals surface area contributed by atoms with Gasteiger partial charge in [0.2, 0.25) is 0 Å². The van der Waals surface area contributed by atoms with E-state index in [1.807, 2.05) is 0 Å². The quantitative estimate of drug-likeness (QED) is 0.447. The van der Waals surface area contributed by atoms with Crippen LogP contribution >= 0.6 is 0 Å². The molecule has 0 aliphatic carbocycles. The maximum Gasteiger partial charge on any atom is 0.270 e. The fourth-order valence-corrected chi connectivity index (χ4v) is 4.25. The SMILES string of the molecule is O=C(CC1(O)C(=O)N(CN2CCCCC2)c2ccccc21)c1cccc([N+](=O)[O-])c1. The third kappa shape index (κ3) is 3.59. The Balaban J connectivity index is 1.62. The maximum atomic E-state index is 13.3. The molecule has 156 valence electrons. The normalized spacial score (nSPS) is 21.5. The fraction of sp³-hybridized carbons (Fsp3) is 0.364. The Bertz CT molecular complexity index is 1000. The first-order chi connectivity index (χ1) is 14.4. The number of Topliss-reactive ketones (excluding diaryl/α,β-unsaturated/α-hetero) is 1. The van der Waals surface area contributed by atoms with Gasteiger partial charge in [0.25, 0.3) is 11.6 Å². The molecular formula is C22H23N3O5. The van der Waals surface area contributed by atoms with Crippen LogP contribution in [0.15, 0.2) is 48.5 Å². The van der Waals surface area contributed by atoms with Crippen LogP contribution in [0.1, 0.15) is 41.6 Å². The summed E-state index contributed by atoms with van der Waals surface area (Å²) in [5.74, 6) is -1.06. The number of ketones is 1. The Kier molecular flexibility index (Phi) is 5.36. The average molecular weight is 409 g/mol. The summed E-state index contributed by atoms with van der Waals surface area (Å²) in [6.07, 6.45) is 2.83. The van der Waals surface area contributed by atoms with Crippen LogP contribution in [0, 0.1) is 10.1 Å². The van der Waals surface area contributed by atoms with Crippen molar-refractivity contribution in [3.8, 4) is 0 Å². The first-order valence-corrected chi connectivity index (χ1v) is 10.0. The maximum absolute atomic E-state index is 13.3. The van der Waals surface area contributed by atoms with E-state index in [0.29, 0.717) is 17.9 Å². The Labute approximate surface area is 173 Å². The standard InChI is InChI=1S/C22H23N3O5/c26-20(16-7-6-8-17(13-16)25(29)30)14-22(28)18-9-2-3-10-19(18)24(21(22)27)15-23-11-4-1-5-12-23/h2-3,6-10,13,28H,1,4-5,11-12,14-15H2. The second kappa shape index (κ2) is 7.97. The van der Waals surface area contributed by atoms with Gasteiger partial charge in [-0.1, -0.05) is 36.8 Å². The number of hydrogen-bond acceptors (Lipinski definition) is 6. The fourth-order valence-electron chi connectivity index (χ4n) is 4.25. The molecule has 1 atom stereocenters. The van der Waals surface area contributed by atoms with Gasteiger partial charge in [-0.25, -0.2) is 0 Å². The highest BCUT2D eigenvalue weighted by molar-refractivity contribution is 6.10. The van der Waals surface area contributed by atoms with E-state index in [1.165, 1.54) is 30.7 Å². The molecule has 1 amide bonds. The van der Waals surface area contributed by atoms with Gasteiger partial charge < -0.3 is 5.11 Å². The molecule has 0 radical (unpaired) electrons. The van der Waals surface area contributed by atoms with Crippen molar-refractivity contribution in [2.24, 2.45) is 0 Å². The summed E-state index contributed by atoms with van der Waals surface area (Å²) >= 11 is 0. The van der Waals surface area contributed by atoms with Crippen LogP contribution in [0.25, 0.3) is 0 Å². The number of benzene rings is 2. The van der Waals surface area contributed by atoms with Crippen molar-refractivity contribution in [3.63, 3.8) is 0 Å². The van der Waals surface area contributed by atoms with E-state index in [-0.39, 0.29) is 11.3 Å². The lowest BCUT2D eigenvalue weighted by Crippen LogP contribution is -2.47. The summed E-state index contributed by atoms with van der Waals surface area (Å²) in [6.45, 7) is 2.14. The van der Waals surface area contributed by atoms with Crippen LogP contribution in [-0.4, -0.2) is 46.4 Å². The number of fused-ring (bicyclic) bond motifs is 1. The number of nitro groups is 1. The molecule has 0 aromatic heterocycles. The summed E-state index contributed by atoms with van der Waals surface area (Å²) in [4.78, 5) is 40.3. The van der Waals surface area contributed by atoms with Gasteiger partial charge in [0.05, 0.1) is 23.7 Å². The van der Waals surface area contributed by atoms with E-state index in [0.717, 1.165) is 25.9 Å². The summed E-state index contributed by atoms with van der Waals surface area (Å²) < 4.78 is 0. The van der Waals surface area contributed by atoms with Gasteiger partial charge in [-0.2, -0.15) is 0 Å². The summed E-state index contributed by atoms with van der Waals surface area (Å²) in [6, 6.07) is 12.3. The lowest BCUT2D eigenvalue weighted by Gasteiger charge is -2.31. The van der Waals surface area contributed by atoms with E-state index >= 15 is 0 Å². The molecule has 8 heteroatoms. The molecule has 2 aromatic rings. The molecule has 1 saturated heterocycles. The topological polar surface area (TPSA) is 104 Å². The summed E-state index contributed by atoms with van der Waals surface area (Å²) in [5.41, 5.74) is -1.11. The Morgan fingerprint density at radius 1 is 1.10 bits per heavy atom. The predicted octanol–water partition coefficient (Wildman–Crippen LogP) is 2.85. The summed E-state index contributed by atoms with van der Waals surface area (Å²) in [5, 5.41) is 22.4. The van der Waals surface area contributed by atoms with Crippen molar-refractivity contribution >= 4 is 23.1 Å². The number of anilines is 1. The minimum atomic E-state index is -1.99. The number of hydrogen-bond donors (Lipinski definition) is 1. The Morgan fingerprint density at radius 3 is 2.57 bits per heavy atom. The van der Waals surface area contributed by atoms with E-state index in [1.54, 1.807) is 29.2 Å². The highest BCUT2D eigenvalue weighted by atomic mass is 16.6. The molecular weight excluding hydrogens is 386 g/mol. The second-order valence-electron chi connectivity index (χ2n) is 7.84. The van der Waals surface area contributed by atoms with Gasteiger partial charge >= 0.3 is 0 Å². The third-order valence-electron chi connectivity index (χ3n) is 5.82. The molecule has 1 fully saturated rings. The number of nitrogens with zero attached hydrogens (tertiary/aromatic N) is 3. The van der Waals surface area contributed by atoms with Crippen LogP contribution in [0.5, 0.6) is 0 Å². The molecule has 0 saturated carbocycles.